The second kappa shape index (κ2) is 5.28. The van der Waals surface area contributed by atoms with E-state index in [0.29, 0.717) is 36.1 Å². The van der Waals surface area contributed by atoms with Crippen LogP contribution in [0.25, 0.3) is 0 Å². The predicted molar refractivity (Wildman–Crippen MR) is 72.8 cm³/mol. The minimum absolute atomic E-state index is 0.104. The largest absolute Gasteiger partial charge is 0.481 e. The Kier molecular flexibility index (Phi) is 3.89. The molecule has 5 nitrogen and oxygen atoms in total. The van der Waals surface area contributed by atoms with Crippen molar-refractivity contribution in [3.63, 3.8) is 0 Å². The van der Waals surface area contributed by atoms with Crippen LogP contribution in [0.4, 0.5) is 0 Å². The van der Waals surface area contributed by atoms with Crippen LogP contribution in [0, 0.1) is 5.41 Å². The van der Waals surface area contributed by atoms with E-state index in [2.05, 4.69) is 20.9 Å². The zero-order valence-corrected chi connectivity index (χ0v) is 12.2. The topological polar surface area (TPSA) is 70.5 Å². The summed E-state index contributed by atoms with van der Waals surface area (Å²) in [6.45, 7) is 2.66. The summed E-state index contributed by atoms with van der Waals surface area (Å²) in [5, 5.41) is 9.16. The fourth-order valence-electron chi connectivity index (χ4n) is 2.13. The Morgan fingerprint density at radius 2 is 2.05 bits per heavy atom. The van der Waals surface area contributed by atoms with E-state index in [4.69, 9.17) is 5.11 Å². The average molecular weight is 327 g/mol. The van der Waals surface area contributed by atoms with Crippen LogP contribution in [0.3, 0.4) is 0 Å². The Labute approximate surface area is 119 Å². The first-order valence-electron chi connectivity index (χ1n) is 6.07. The maximum Gasteiger partial charge on any atom is 0.309 e. The number of piperidine rings is 1. The van der Waals surface area contributed by atoms with Gasteiger partial charge in [-0.05, 0) is 47.8 Å². The lowest BCUT2D eigenvalue weighted by Crippen LogP contribution is -2.45. The summed E-state index contributed by atoms with van der Waals surface area (Å²) >= 11 is 3.26. The van der Waals surface area contributed by atoms with Crippen LogP contribution in [0.2, 0.25) is 0 Å². The smallest absolute Gasteiger partial charge is 0.309 e. The van der Waals surface area contributed by atoms with Gasteiger partial charge in [0.15, 0.2) is 0 Å². The molecule has 0 saturated carbocycles. The maximum absolute atomic E-state index is 12.3. The van der Waals surface area contributed by atoms with Gasteiger partial charge in [0, 0.05) is 19.3 Å². The van der Waals surface area contributed by atoms with Gasteiger partial charge in [-0.25, -0.2) is 4.98 Å². The second-order valence-electron chi connectivity index (χ2n) is 5.00. The molecular formula is C13H15BrN2O3. The number of rotatable bonds is 2. The van der Waals surface area contributed by atoms with Crippen molar-refractivity contribution in [2.75, 3.05) is 13.1 Å². The molecule has 102 valence electrons. The fourth-order valence-corrected chi connectivity index (χ4v) is 2.55. The van der Waals surface area contributed by atoms with E-state index < -0.39 is 11.4 Å². The minimum atomic E-state index is -0.790. The molecule has 1 aromatic rings. The number of hydrogen-bond acceptors (Lipinski definition) is 3. The van der Waals surface area contributed by atoms with Gasteiger partial charge < -0.3 is 10.0 Å². The summed E-state index contributed by atoms with van der Waals surface area (Å²) < 4.78 is 0.520. The summed E-state index contributed by atoms with van der Waals surface area (Å²) in [6, 6.07) is 3.42. The van der Waals surface area contributed by atoms with Gasteiger partial charge in [0.2, 0.25) is 0 Å². The van der Waals surface area contributed by atoms with Gasteiger partial charge >= 0.3 is 5.97 Å². The van der Waals surface area contributed by atoms with Gasteiger partial charge in [0.1, 0.15) is 4.60 Å². The molecule has 0 unspecified atom stereocenters. The number of aliphatic carboxylic acids is 1. The monoisotopic (exact) mass is 326 g/mol. The third-order valence-electron chi connectivity index (χ3n) is 3.66. The molecular weight excluding hydrogens is 312 g/mol. The molecule has 2 heterocycles. The molecule has 0 atom stereocenters. The summed E-state index contributed by atoms with van der Waals surface area (Å²) in [6.07, 6.45) is 2.57. The molecule has 0 aromatic carbocycles. The van der Waals surface area contributed by atoms with Crippen LogP contribution < -0.4 is 0 Å². The predicted octanol–water partition coefficient (Wildman–Crippen LogP) is 2.17. The van der Waals surface area contributed by atoms with Crippen molar-refractivity contribution in [2.24, 2.45) is 5.41 Å². The molecule has 0 spiro atoms. The lowest BCUT2D eigenvalue weighted by molar-refractivity contribution is -0.150. The lowest BCUT2D eigenvalue weighted by Gasteiger charge is -2.36. The van der Waals surface area contributed by atoms with Gasteiger partial charge in [-0.2, -0.15) is 0 Å². The van der Waals surface area contributed by atoms with Crippen molar-refractivity contribution >= 4 is 27.8 Å². The third-order valence-corrected chi connectivity index (χ3v) is 4.29. The van der Waals surface area contributed by atoms with Crippen LogP contribution in [-0.4, -0.2) is 40.0 Å². The molecule has 1 aromatic heterocycles. The number of carboxylic acids is 1. The van der Waals surface area contributed by atoms with E-state index in [1.807, 2.05) is 0 Å². The summed E-state index contributed by atoms with van der Waals surface area (Å²) in [5.41, 5.74) is -0.204. The van der Waals surface area contributed by atoms with Gasteiger partial charge in [0.05, 0.1) is 11.0 Å². The number of aromatic nitrogens is 1. The highest BCUT2D eigenvalue weighted by Crippen LogP contribution is 2.31. The highest BCUT2D eigenvalue weighted by atomic mass is 79.9. The first-order valence-corrected chi connectivity index (χ1v) is 6.86. The van der Waals surface area contributed by atoms with Crippen LogP contribution in [0.15, 0.2) is 22.9 Å². The van der Waals surface area contributed by atoms with E-state index in [9.17, 15) is 9.59 Å². The first kappa shape index (κ1) is 14.0. The lowest BCUT2D eigenvalue weighted by atomic mass is 9.80. The average Bonchev–Trinajstić information content (AvgIpc) is 2.39. The molecule has 19 heavy (non-hydrogen) atoms. The van der Waals surface area contributed by atoms with Gasteiger partial charge in [-0.15, -0.1) is 0 Å². The normalized spacial score (nSPS) is 18.1. The van der Waals surface area contributed by atoms with E-state index in [-0.39, 0.29) is 5.91 Å². The second-order valence-corrected chi connectivity index (χ2v) is 5.75. The van der Waals surface area contributed by atoms with Crippen molar-refractivity contribution in [1.29, 1.82) is 0 Å². The van der Waals surface area contributed by atoms with Crippen LogP contribution in [0.5, 0.6) is 0 Å². The minimum Gasteiger partial charge on any atom is -0.481 e. The summed E-state index contributed by atoms with van der Waals surface area (Å²) in [7, 11) is 0. The Morgan fingerprint density at radius 3 is 2.58 bits per heavy atom. The van der Waals surface area contributed by atoms with Crippen LogP contribution in [-0.2, 0) is 4.79 Å². The number of carbonyl (C=O) groups is 2. The molecule has 1 aliphatic heterocycles. The Bertz CT molecular complexity index is 510. The van der Waals surface area contributed by atoms with E-state index in [1.165, 1.54) is 0 Å². The van der Waals surface area contributed by atoms with Gasteiger partial charge in [0.25, 0.3) is 5.91 Å². The van der Waals surface area contributed by atoms with Crippen molar-refractivity contribution < 1.29 is 14.7 Å². The van der Waals surface area contributed by atoms with E-state index in [0.717, 1.165) is 0 Å². The SMILES string of the molecule is CC1(C(=O)O)CCN(C(=O)c2cccnc2Br)CC1. The first-order chi connectivity index (χ1) is 8.94. The highest BCUT2D eigenvalue weighted by Gasteiger charge is 2.38. The third kappa shape index (κ3) is 2.78. The van der Waals surface area contributed by atoms with Crippen LogP contribution >= 0.6 is 15.9 Å². The van der Waals surface area contributed by atoms with Crippen LogP contribution in [0.1, 0.15) is 30.1 Å². The standard InChI is InChI=1S/C13H15BrN2O3/c1-13(12(18)19)4-7-16(8-5-13)11(17)9-3-2-6-15-10(9)14/h2-3,6H,4-5,7-8H2,1H3,(H,18,19). The van der Waals surface area contributed by atoms with E-state index in [1.54, 1.807) is 30.2 Å². The van der Waals surface area contributed by atoms with E-state index >= 15 is 0 Å². The molecule has 2 rings (SSSR count). The summed E-state index contributed by atoms with van der Waals surface area (Å²) in [4.78, 5) is 29.2. The summed E-state index contributed by atoms with van der Waals surface area (Å²) in [5.74, 6) is -0.894. The fraction of sp³-hybridized carbons (Fsp3) is 0.462. The Balaban J connectivity index is 2.08. The number of nitrogens with zero attached hydrogens (tertiary/aromatic N) is 2. The van der Waals surface area contributed by atoms with Crippen molar-refractivity contribution in [2.45, 2.75) is 19.8 Å². The molecule has 0 bridgehead atoms. The molecule has 1 aliphatic rings. The number of likely N-dealkylation sites (tertiary alicyclic amines) is 1. The number of amides is 1. The van der Waals surface area contributed by atoms with Crippen molar-refractivity contribution in [3.05, 3.63) is 28.5 Å². The molecule has 1 saturated heterocycles. The van der Waals surface area contributed by atoms with Gasteiger partial charge in [-0.3, -0.25) is 9.59 Å². The zero-order valence-electron chi connectivity index (χ0n) is 10.6. The molecule has 0 radical (unpaired) electrons. The quantitative estimate of drug-likeness (QED) is 0.845. The number of pyridine rings is 1. The number of halogens is 1. The number of carbonyl (C=O) groups excluding carboxylic acids is 1. The number of hydrogen-bond donors (Lipinski definition) is 1. The molecule has 6 heteroatoms. The zero-order chi connectivity index (χ0) is 14.0. The number of carboxylic acid groups (broad SMARTS) is 1. The highest BCUT2D eigenvalue weighted by molar-refractivity contribution is 9.10. The maximum atomic E-state index is 12.3. The molecule has 1 fully saturated rings. The van der Waals surface area contributed by atoms with Gasteiger partial charge in [-0.1, -0.05) is 0 Å². The van der Waals surface area contributed by atoms with Crippen molar-refractivity contribution in [3.8, 4) is 0 Å². The van der Waals surface area contributed by atoms with Crippen molar-refractivity contribution in [1.82, 2.24) is 9.88 Å². The molecule has 0 aliphatic carbocycles. The molecule has 1 N–H and O–H groups in total. The Hall–Kier alpha value is -1.43. The molecule has 1 amide bonds. The Morgan fingerprint density at radius 1 is 1.42 bits per heavy atom.